The van der Waals surface area contributed by atoms with Crippen molar-refractivity contribution in [2.24, 2.45) is 0 Å². The number of thiophene rings is 1. The van der Waals surface area contributed by atoms with Crippen molar-refractivity contribution in [3.8, 4) is 5.75 Å². The average Bonchev–Trinajstić information content (AvgIpc) is 3.18. The van der Waals surface area contributed by atoms with Gasteiger partial charge in [-0.15, -0.1) is 11.3 Å². The van der Waals surface area contributed by atoms with E-state index in [4.69, 9.17) is 16.3 Å². The van der Waals surface area contributed by atoms with Crippen LogP contribution >= 0.6 is 22.9 Å². The Labute approximate surface area is 143 Å². The number of hydrogen-bond donors (Lipinski definition) is 0. The average molecular weight is 350 g/mol. The van der Waals surface area contributed by atoms with Crippen molar-refractivity contribution in [2.75, 3.05) is 6.54 Å². The van der Waals surface area contributed by atoms with Gasteiger partial charge >= 0.3 is 5.97 Å². The quantitative estimate of drug-likeness (QED) is 0.626. The highest BCUT2D eigenvalue weighted by Crippen LogP contribution is 2.23. The molecule has 1 amide bonds. The van der Waals surface area contributed by atoms with Crippen molar-refractivity contribution < 1.29 is 14.3 Å². The van der Waals surface area contributed by atoms with Crippen LogP contribution < -0.4 is 4.74 Å². The highest BCUT2D eigenvalue weighted by Gasteiger charge is 2.35. The van der Waals surface area contributed by atoms with E-state index in [1.165, 1.54) is 0 Å². The van der Waals surface area contributed by atoms with Crippen molar-refractivity contribution >= 4 is 34.8 Å². The van der Waals surface area contributed by atoms with Crippen molar-refractivity contribution in [1.29, 1.82) is 0 Å². The number of ether oxygens (including phenoxy) is 1. The van der Waals surface area contributed by atoms with Gasteiger partial charge in [0.1, 0.15) is 11.8 Å². The van der Waals surface area contributed by atoms with Crippen molar-refractivity contribution in [1.82, 2.24) is 4.90 Å². The molecule has 1 unspecified atom stereocenters. The molecule has 1 aromatic heterocycles. The Morgan fingerprint density at radius 1 is 1.30 bits per heavy atom. The van der Waals surface area contributed by atoms with Crippen LogP contribution in [0.1, 0.15) is 17.7 Å². The predicted molar refractivity (Wildman–Crippen MR) is 89.8 cm³/mol. The number of esters is 1. The molecule has 4 nitrogen and oxygen atoms in total. The molecule has 120 valence electrons. The van der Waals surface area contributed by atoms with Crippen molar-refractivity contribution in [3.05, 3.63) is 51.7 Å². The van der Waals surface area contributed by atoms with E-state index in [1.807, 2.05) is 17.5 Å². The second kappa shape index (κ2) is 7.15. The normalized spacial score (nSPS) is 17.3. The maximum Gasteiger partial charge on any atom is 0.334 e. The summed E-state index contributed by atoms with van der Waals surface area (Å²) in [7, 11) is 0. The van der Waals surface area contributed by atoms with E-state index in [-0.39, 0.29) is 5.91 Å². The van der Waals surface area contributed by atoms with Crippen LogP contribution in [0.4, 0.5) is 0 Å². The molecule has 0 saturated carbocycles. The number of rotatable bonds is 4. The van der Waals surface area contributed by atoms with Crippen LogP contribution in [-0.4, -0.2) is 29.4 Å². The summed E-state index contributed by atoms with van der Waals surface area (Å²) in [5, 5.41) is 2.45. The van der Waals surface area contributed by atoms with E-state index < -0.39 is 12.0 Å². The summed E-state index contributed by atoms with van der Waals surface area (Å²) in [4.78, 5) is 27.5. The Balaban J connectivity index is 1.66. The number of halogens is 1. The van der Waals surface area contributed by atoms with Crippen LogP contribution in [0.5, 0.6) is 5.75 Å². The van der Waals surface area contributed by atoms with Crippen LogP contribution in [0, 0.1) is 0 Å². The fourth-order valence-corrected chi connectivity index (χ4v) is 3.56. The molecule has 0 bridgehead atoms. The zero-order chi connectivity index (χ0) is 16.2. The smallest absolute Gasteiger partial charge is 0.334 e. The largest absolute Gasteiger partial charge is 0.425 e. The third-order valence-electron chi connectivity index (χ3n) is 3.77. The van der Waals surface area contributed by atoms with Gasteiger partial charge in [-0.05, 0) is 42.5 Å². The van der Waals surface area contributed by atoms with Crippen LogP contribution in [0.3, 0.4) is 0 Å². The maximum atomic E-state index is 12.4. The van der Waals surface area contributed by atoms with E-state index in [1.54, 1.807) is 40.5 Å². The molecular weight excluding hydrogens is 334 g/mol. The molecule has 1 atom stereocenters. The number of likely N-dealkylation sites (tertiary alicyclic amines) is 1. The lowest BCUT2D eigenvalue weighted by Crippen LogP contribution is -2.43. The van der Waals surface area contributed by atoms with Gasteiger partial charge in [0, 0.05) is 16.4 Å². The number of nitrogens with zero attached hydrogens (tertiary/aromatic N) is 1. The summed E-state index contributed by atoms with van der Waals surface area (Å²) < 4.78 is 5.38. The predicted octanol–water partition coefficient (Wildman–Crippen LogP) is 3.54. The molecule has 0 radical (unpaired) electrons. The lowest BCUT2D eigenvalue weighted by atomic mass is 10.2. The van der Waals surface area contributed by atoms with Crippen LogP contribution in [0.15, 0.2) is 41.8 Å². The SMILES string of the molecule is O=C(Oc1cccc(Cl)c1)C1CCCN1C(=O)Cc1cccs1. The molecule has 0 aliphatic carbocycles. The van der Waals surface area contributed by atoms with Gasteiger partial charge in [-0.1, -0.05) is 23.7 Å². The first-order valence-corrected chi connectivity index (χ1v) is 8.68. The third kappa shape index (κ3) is 3.92. The van der Waals surface area contributed by atoms with E-state index in [0.29, 0.717) is 30.2 Å². The lowest BCUT2D eigenvalue weighted by molar-refractivity contribution is -0.145. The van der Waals surface area contributed by atoms with E-state index >= 15 is 0 Å². The Kier molecular flexibility index (Phi) is 4.98. The summed E-state index contributed by atoms with van der Waals surface area (Å²) in [5.41, 5.74) is 0. The summed E-state index contributed by atoms with van der Waals surface area (Å²) in [6.07, 6.45) is 1.78. The van der Waals surface area contributed by atoms with Gasteiger partial charge in [-0.25, -0.2) is 4.79 Å². The number of amides is 1. The summed E-state index contributed by atoms with van der Waals surface area (Å²) in [5.74, 6) is -0.0256. The molecule has 1 saturated heterocycles. The molecule has 2 heterocycles. The third-order valence-corrected chi connectivity index (χ3v) is 4.88. The molecule has 6 heteroatoms. The van der Waals surface area contributed by atoms with Crippen LogP contribution in [0.25, 0.3) is 0 Å². The molecule has 1 aliphatic heterocycles. The molecule has 3 rings (SSSR count). The molecule has 1 aliphatic rings. The topological polar surface area (TPSA) is 46.6 Å². The van der Waals surface area contributed by atoms with Crippen molar-refractivity contribution in [3.63, 3.8) is 0 Å². The molecule has 1 aromatic carbocycles. The summed E-state index contributed by atoms with van der Waals surface area (Å²) in [6, 6.07) is 10.0. The number of carbonyl (C=O) groups is 2. The van der Waals surface area contributed by atoms with Crippen LogP contribution in [0.2, 0.25) is 5.02 Å². The second-order valence-corrected chi connectivity index (χ2v) is 6.85. The lowest BCUT2D eigenvalue weighted by Gasteiger charge is -2.23. The highest BCUT2D eigenvalue weighted by molar-refractivity contribution is 7.10. The number of benzene rings is 1. The molecule has 0 spiro atoms. The Morgan fingerprint density at radius 3 is 2.91 bits per heavy atom. The van der Waals surface area contributed by atoms with E-state index in [9.17, 15) is 9.59 Å². The van der Waals surface area contributed by atoms with Gasteiger partial charge in [-0.3, -0.25) is 4.79 Å². The molecule has 2 aromatic rings. The van der Waals surface area contributed by atoms with Gasteiger partial charge in [-0.2, -0.15) is 0 Å². The minimum absolute atomic E-state index is 0.0296. The molecule has 0 N–H and O–H groups in total. The molecule has 23 heavy (non-hydrogen) atoms. The van der Waals surface area contributed by atoms with E-state index in [0.717, 1.165) is 11.3 Å². The Morgan fingerprint density at radius 2 is 2.17 bits per heavy atom. The fourth-order valence-electron chi connectivity index (χ4n) is 2.69. The Hall–Kier alpha value is -1.85. The van der Waals surface area contributed by atoms with Gasteiger partial charge in [0.25, 0.3) is 0 Å². The first-order chi connectivity index (χ1) is 11.1. The minimum atomic E-state index is -0.513. The Bertz CT molecular complexity index is 702. The summed E-state index contributed by atoms with van der Waals surface area (Å²) >= 11 is 7.44. The first kappa shape index (κ1) is 16.0. The van der Waals surface area contributed by atoms with E-state index in [2.05, 4.69) is 0 Å². The molecular formula is C17H16ClNO3S. The second-order valence-electron chi connectivity index (χ2n) is 5.38. The van der Waals surface area contributed by atoms with Gasteiger partial charge in [0.2, 0.25) is 5.91 Å². The van der Waals surface area contributed by atoms with Gasteiger partial charge in [0.05, 0.1) is 6.42 Å². The standard InChI is InChI=1S/C17H16ClNO3S/c18-12-4-1-5-13(10-12)22-17(21)15-7-2-8-19(15)16(20)11-14-6-3-9-23-14/h1,3-6,9-10,15H,2,7-8,11H2. The highest BCUT2D eigenvalue weighted by atomic mass is 35.5. The summed E-state index contributed by atoms with van der Waals surface area (Å²) in [6.45, 7) is 0.597. The van der Waals surface area contributed by atoms with Gasteiger partial charge in [0.15, 0.2) is 0 Å². The van der Waals surface area contributed by atoms with Crippen molar-refractivity contribution in [2.45, 2.75) is 25.3 Å². The minimum Gasteiger partial charge on any atom is -0.425 e. The van der Waals surface area contributed by atoms with Crippen LogP contribution in [-0.2, 0) is 16.0 Å². The molecule has 1 fully saturated rings. The number of carbonyl (C=O) groups excluding carboxylic acids is 2. The fraction of sp³-hybridized carbons (Fsp3) is 0.294. The number of hydrogen-bond acceptors (Lipinski definition) is 4. The van der Waals surface area contributed by atoms with Gasteiger partial charge < -0.3 is 9.64 Å². The maximum absolute atomic E-state index is 12.4. The zero-order valence-electron chi connectivity index (χ0n) is 12.4. The monoisotopic (exact) mass is 349 g/mol. The zero-order valence-corrected chi connectivity index (χ0v) is 14.0. The first-order valence-electron chi connectivity index (χ1n) is 7.42.